The smallest absolute Gasteiger partial charge is 0.328 e. The van der Waals surface area contributed by atoms with Gasteiger partial charge in [-0.05, 0) is 49.3 Å². The van der Waals surface area contributed by atoms with Crippen molar-refractivity contribution in [3.05, 3.63) is 58.7 Å². The van der Waals surface area contributed by atoms with Gasteiger partial charge in [0.15, 0.2) is 5.78 Å². The Morgan fingerprint density at radius 3 is 2.42 bits per heavy atom. The molecule has 0 aromatic carbocycles. The van der Waals surface area contributed by atoms with Crippen LogP contribution in [0, 0.1) is 5.41 Å². The predicted molar refractivity (Wildman–Crippen MR) is 95.5 cm³/mol. The Morgan fingerprint density at radius 2 is 1.83 bits per heavy atom. The van der Waals surface area contributed by atoms with Gasteiger partial charge in [-0.3, -0.25) is 4.79 Å². The molecular formula is C20H26O4. The third kappa shape index (κ3) is 5.46. The van der Waals surface area contributed by atoms with Crippen LogP contribution in [-0.2, 0) is 9.59 Å². The second-order valence-corrected chi connectivity index (χ2v) is 6.84. The molecule has 1 unspecified atom stereocenters. The average Bonchev–Trinajstić information content (AvgIpc) is 2.43. The molecule has 130 valence electrons. The second-order valence-electron chi connectivity index (χ2n) is 6.84. The molecule has 0 radical (unpaired) electrons. The van der Waals surface area contributed by atoms with Crippen LogP contribution in [0.4, 0.5) is 0 Å². The maximum Gasteiger partial charge on any atom is 0.328 e. The highest BCUT2D eigenvalue weighted by molar-refractivity contribution is 6.00. The van der Waals surface area contributed by atoms with E-state index in [1.807, 2.05) is 39.0 Å². The summed E-state index contributed by atoms with van der Waals surface area (Å²) < 4.78 is 0. The summed E-state index contributed by atoms with van der Waals surface area (Å²) in [6.45, 7) is 9.44. The van der Waals surface area contributed by atoms with E-state index in [2.05, 4.69) is 0 Å². The number of allylic oxidation sites excluding steroid dienone is 8. The minimum Gasteiger partial charge on any atom is -0.478 e. The second kappa shape index (κ2) is 8.06. The SMILES string of the molecule is CC1=C(/C=C/C(C)=C/C=C/C(C)=C/C(=O)O)C(C)(C)CC(O)C1=O. The average molecular weight is 330 g/mol. The van der Waals surface area contributed by atoms with Gasteiger partial charge in [-0.25, -0.2) is 4.79 Å². The van der Waals surface area contributed by atoms with Gasteiger partial charge in [0.25, 0.3) is 0 Å². The first-order chi connectivity index (χ1) is 11.0. The normalized spacial score (nSPS) is 22.8. The Hall–Kier alpha value is -2.20. The number of ketones is 1. The summed E-state index contributed by atoms with van der Waals surface area (Å²) in [5, 5.41) is 18.5. The van der Waals surface area contributed by atoms with Crippen molar-refractivity contribution in [1.29, 1.82) is 0 Å². The number of carbonyl (C=O) groups is 2. The van der Waals surface area contributed by atoms with E-state index >= 15 is 0 Å². The molecule has 2 N–H and O–H groups in total. The van der Waals surface area contributed by atoms with Gasteiger partial charge < -0.3 is 10.2 Å². The molecule has 0 amide bonds. The molecule has 0 fully saturated rings. The molecule has 0 aromatic heterocycles. The van der Waals surface area contributed by atoms with Crippen LogP contribution in [0.2, 0.25) is 0 Å². The van der Waals surface area contributed by atoms with Crippen LogP contribution in [0.3, 0.4) is 0 Å². The maximum atomic E-state index is 12.0. The summed E-state index contributed by atoms with van der Waals surface area (Å²) in [5.74, 6) is -1.17. The van der Waals surface area contributed by atoms with Crippen LogP contribution in [0.5, 0.6) is 0 Å². The fourth-order valence-electron chi connectivity index (χ4n) is 2.79. The summed E-state index contributed by atoms with van der Waals surface area (Å²) in [6, 6.07) is 0. The van der Waals surface area contributed by atoms with Crippen LogP contribution in [-0.4, -0.2) is 28.1 Å². The molecule has 0 aromatic rings. The lowest BCUT2D eigenvalue weighted by Gasteiger charge is -2.34. The fourth-order valence-corrected chi connectivity index (χ4v) is 2.79. The Bertz CT molecular complexity index is 670. The van der Waals surface area contributed by atoms with Crippen molar-refractivity contribution < 1.29 is 19.8 Å². The van der Waals surface area contributed by atoms with E-state index in [1.54, 1.807) is 26.0 Å². The molecule has 4 nitrogen and oxygen atoms in total. The minimum atomic E-state index is -0.966. The molecule has 0 saturated carbocycles. The van der Waals surface area contributed by atoms with Gasteiger partial charge in [-0.15, -0.1) is 0 Å². The number of carboxylic acid groups (broad SMARTS) is 1. The molecule has 1 aliphatic carbocycles. The molecule has 0 spiro atoms. The van der Waals surface area contributed by atoms with Crippen molar-refractivity contribution in [3.63, 3.8) is 0 Å². The fraction of sp³-hybridized carbons (Fsp3) is 0.400. The number of hydrogen-bond acceptors (Lipinski definition) is 3. The first-order valence-electron chi connectivity index (χ1n) is 7.92. The van der Waals surface area contributed by atoms with Gasteiger partial charge in [0, 0.05) is 6.08 Å². The van der Waals surface area contributed by atoms with E-state index in [4.69, 9.17) is 5.11 Å². The lowest BCUT2D eigenvalue weighted by molar-refractivity contribution is -0.131. The topological polar surface area (TPSA) is 74.6 Å². The first kappa shape index (κ1) is 19.8. The standard InChI is InChI=1S/C20H26O4/c1-13(7-6-8-14(2)11-18(22)23)9-10-16-15(3)19(24)17(21)12-20(16,4)5/h6-11,17,21H,12H2,1-5H3,(H,22,23)/b8-6+,10-9+,13-7+,14-11+. The van der Waals surface area contributed by atoms with Gasteiger partial charge in [0.1, 0.15) is 6.10 Å². The zero-order valence-corrected chi connectivity index (χ0v) is 15.0. The molecule has 0 aliphatic heterocycles. The van der Waals surface area contributed by atoms with Crippen LogP contribution < -0.4 is 0 Å². The third-order valence-electron chi connectivity index (χ3n) is 4.09. The molecule has 1 aliphatic rings. The Balaban J connectivity index is 2.95. The van der Waals surface area contributed by atoms with Crippen molar-refractivity contribution in [2.75, 3.05) is 0 Å². The summed E-state index contributed by atoms with van der Waals surface area (Å²) in [4.78, 5) is 22.5. The van der Waals surface area contributed by atoms with Crippen LogP contribution >= 0.6 is 0 Å². The summed E-state index contributed by atoms with van der Waals surface area (Å²) in [5.41, 5.74) is 2.92. The van der Waals surface area contributed by atoms with Crippen molar-refractivity contribution >= 4 is 11.8 Å². The molecule has 1 atom stereocenters. The summed E-state index contributed by atoms with van der Waals surface area (Å²) >= 11 is 0. The largest absolute Gasteiger partial charge is 0.478 e. The lowest BCUT2D eigenvalue weighted by Crippen LogP contribution is -2.35. The van der Waals surface area contributed by atoms with Crippen molar-refractivity contribution in [3.8, 4) is 0 Å². The molecule has 1 rings (SSSR count). The van der Waals surface area contributed by atoms with E-state index in [-0.39, 0.29) is 11.2 Å². The number of aliphatic carboxylic acids is 1. The van der Waals surface area contributed by atoms with Crippen LogP contribution in [0.1, 0.15) is 41.0 Å². The molecule has 4 heteroatoms. The maximum absolute atomic E-state index is 12.0. The monoisotopic (exact) mass is 330 g/mol. The number of aliphatic hydroxyl groups excluding tert-OH is 1. The Kier molecular flexibility index (Phi) is 6.67. The van der Waals surface area contributed by atoms with Gasteiger partial charge >= 0.3 is 5.97 Å². The predicted octanol–water partition coefficient (Wildman–Crippen LogP) is 3.75. The van der Waals surface area contributed by atoms with E-state index in [0.29, 0.717) is 17.6 Å². The van der Waals surface area contributed by atoms with Crippen molar-refractivity contribution in [2.45, 2.75) is 47.1 Å². The lowest BCUT2D eigenvalue weighted by atomic mass is 9.71. The van der Waals surface area contributed by atoms with E-state index in [9.17, 15) is 14.7 Å². The number of hydrogen-bond donors (Lipinski definition) is 2. The van der Waals surface area contributed by atoms with Crippen LogP contribution in [0.25, 0.3) is 0 Å². The first-order valence-corrected chi connectivity index (χ1v) is 7.92. The molecular weight excluding hydrogens is 304 g/mol. The summed E-state index contributed by atoms with van der Waals surface area (Å²) in [6.07, 6.45) is 9.89. The number of rotatable bonds is 5. The van der Waals surface area contributed by atoms with Crippen molar-refractivity contribution in [2.24, 2.45) is 5.41 Å². The number of aliphatic hydroxyl groups is 1. The molecule has 0 heterocycles. The van der Waals surface area contributed by atoms with E-state index < -0.39 is 12.1 Å². The number of carbonyl (C=O) groups excluding carboxylic acids is 1. The Morgan fingerprint density at radius 1 is 1.21 bits per heavy atom. The van der Waals surface area contributed by atoms with E-state index in [1.165, 1.54) is 0 Å². The molecule has 0 saturated heterocycles. The highest BCUT2D eigenvalue weighted by Gasteiger charge is 2.36. The van der Waals surface area contributed by atoms with Gasteiger partial charge in [-0.1, -0.05) is 49.8 Å². The molecule has 0 bridgehead atoms. The van der Waals surface area contributed by atoms with Crippen LogP contribution in [0.15, 0.2) is 58.7 Å². The minimum absolute atomic E-state index is 0.204. The third-order valence-corrected chi connectivity index (χ3v) is 4.09. The highest BCUT2D eigenvalue weighted by atomic mass is 16.4. The summed E-state index contributed by atoms with van der Waals surface area (Å²) in [7, 11) is 0. The molecule has 24 heavy (non-hydrogen) atoms. The zero-order valence-electron chi connectivity index (χ0n) is 15.0. The zero-order chi connectivity index (χ0) is 18.5. The van der Waals surface area contributed by atoms with Crippen molar-refractivity contribution in [1.82, 2.24) is 0 Å². The van der Waals surface area contributed by atoms with Gasteiger partial charge in [-0.2, -0.15) is 0 Å². The van der Waals surface area contributed by atoms with Gasteiger partial charge in [0.05, 0.1) is 0 Å². The quantitative estimate of drug-likeness (QED) is 0.594. The Labute approximate surface area is 143 Å². The van der Waals surface area contributed by atoms with E-state index in [0.717, 1.165) is 17.2 Å². The van der Waals surface area contributed by atoms with Gasteiger partial charge in [0.2, 0.25) is 0 Å². The number of carboxylic acids is 1. The number of Topliss-reactive ketones (excluding diaryl/α,β-unsaturated/α-hetero) is 1. The highest BCUT2D eigenvalue weighted by Crippen LogP contribution is 2.39.